The summed E-state index contributed by atoms with van der Waals surface area (Å²) in [5, 5.41) is 17.0. The molecule has 0 fully saturated rings. The zero-order valence-corrected chi connectivity index (χ0v) is 13.5. The van der Waals surface area contributed by atoms with Crippen molar-refractivity contribution in [2.75, 3.05) is 12.3 Å². The summed E-state index contributed by atoms with van der Waals surface area (Å²) >= 11 is 0. The molecule has 0 aliphatic rings. The summed E-state index contributed by atoms with van der Waals surface area (Å²) in [6.45, 7) is 3.00. The molecule has 0 aliphatic heterocycles. The highest BCUT2D eigenvalue weighted by atomic mass is 16.6. The molecule has 3 rings (SSSR count). The molecule has 130 valence electrons. The van der Waals surface area contributed by atoms with Crippen LogP contribution < -0.4 is 11.1 Å². The lowest BCUT2D eigenvalue weighted by Gasteiger charge is -2.05. The molecule has 3 heterocycles. The van der Waals surface area contributed by atoms with Gasteiger partial charge in [-0.1, -0.05) is 11.3 Å². The topological polar surface area (TPSA) is 151 Å². The van der Waals surface area contributed by atoms with Crippen LogP contribution in [0.1, 0.15) is 28.7 Å². The van der Waals surface area contributed by atoms with Crippen molar-refractivity contribution in [1.82, 2.24) is 30.3 Å². The van der Waals surface area contributed by atoms with Crippen LogP contribution >= 0.6 is 0 Å². The van der Waals surface area contributed by atoms with E-state index in [-0.39, 0.29) is 23.9 Å². The number of carbonyl (C=O) groups is 1. The fraction of sp³-hybridized carbons (Fsp3) is 0.286. The lowest BCUT2D eigenvalue weighted by Crippen LogP contribution is -2.81. The second-order valence-corrected chi connectivity index (χ2v) is 5.05. The summed E-state index contributed by atoms with van der Waals surface area (Å²) in [7, 11) is 0. The van der Waals surface area contributed by atoms with Gasteiger partial charge in [-0.2, -0.15) is 4.68 Å². The van der Waals surface area contributed by atoms with Crippen molar-refractivity contribution in [3.63, 3.8) is 0 Å². The van der Waals surface area contributed by atoms with Gasteiger partial charge in [0.25, 0.3) is 0 Å². The molecule has 0 saturated heterocycles. The van der Waals surface area contributed by atoms with Gasteiger partial charge in [-0.05, 0) is 23.3 Å². The Morgan fingerprint density at radius 3 is 2.96 bits per heavy atom. The lowest BCUT2D eigenvalue weighted by atomic mass is 10.2. The zero-order valence-electron chi connectivity index (χ0n) is 13.5. The van der Waals surface area contributed by atoms with Crippen molar-refractivity contribution in [3.8, 4) is 5.82 Å². The highest BCUT2D eigenvalue weighted by Gasteiger charge is 2.25. The van der Waals surface area contributed by atoms with Crippen LogP contribution in [0.15, 0.2) is 29.2 Å². The second-order valence-electron chi connectivity index (χ2n) is 5.05. The maximum absolute atomic E-state index is 12.1. The first kappa shape index (κ1) is 16.5. The molecule has 0 saturated carbocycles. The van der Waals surface area contributed by atoms with Gasteiger partial charge in [-0.15, -0.1) is 5.10 Å². The molecule has 3 aromatic rings. The first-order chi connectivity index (χ1) is 12.2. The number of esters is 1. The quantitative estimate of drug-likeness (QED) is 0.517. The van der Waals surface area contributed by atoms with Gasteiger partial charge in [-0.25, -0.2) is 9.42 Å². The van der Waals surface area contributed by atoms with Crippen LogP contribution in [-0.2, 0) is 17.8 Å². The number of pyridine rings is 1. The van der Waals surface area contributed by atoms with E-state index in [2.05, 4.69) is 30.2 Å². The number of hydrogen-bond donors (Lipinski definition) is 2. The van der Waals surface area contributed by atoms with Gasteiger partial charge in [0.1, 0.15) is 18.8 Å². The largest absolute Gasteiger partial charge is 0.461 e. The van der Waals surface area contributed by atoms with E-state index in [1.165, 1.54) is 4.68 Å². The maximum Gasteiger partial charge on any atom is 0.361 e. The van der Waals surface area contributed by atoms with Gasteiger partial charge >= 0.3 is 5.97 Å². The van der Waals surface area contributed by atoms with Crippen LogP contribution in [0.25, 0.3) is 5.82 Å². The summed E-state index contributed by atoms with van der Waals surface area (Å²) in [5.41, 5.74) is 7.35. The molecule has 0 amide bonds. The van der Waals surface area contributed by atoms with Crippen LogP contribution in [0.4, 0.5) is 5.82 Å². The van der Waals surface area contributed by atoms with Crippen LogP contribution in [0, 0.1) is 0 Å². The Labute approximate surface area is 142 Å². The fourth-order valence-electron chi connectivity index (χ4n) is 2.25. The summed E-state index contributed by atoms with van der Waals surface area (Å²) in [6.07, 6.45) is 3.49. The number of quaternary nitrogens is 1. The Morgan fingerprint density at radius 2 is 2.28 bits per heavy atom. The Balaban J connectivity index is 1.84. The molecule has 4 N–H and O–H groups in total. The molecule has 11 nitrogen and oxygen atoms in total. The molecule has 0 atom stereocenters. The molecule has 0 radical (unpaired) electrons. The Kier molecular flexibility index (Phi) is 4.95. The van der Waals surface area contributed by atoms with E-state index in [1.54, 1.807) is 19.3 Å². The first-order valence-electron chi connectivity index (χ1n) is 7.61. The number of nitrogens with zero attached hydrogens (tertiary/aromatic N) is 6. The van der Waals surface area contributed by atoms with E-state index in [0.717, 1.165) is 5.56 Å². The molecule has 0 aliphatic carbocycles. The van der Waals surface area contributed by atoms with E-state index in [9.17, 15) is 4.79 Å². The van der Waals surface area contributed by atoms with E-state index < -0.39 is 5.97 Å². The molecule has 3 aromatic heterocycles. The highest BCUT2D eigenvalue weighted by molar-refractivity contribution is 5.88. The zero-order chi connectivity index (χ0) is 17.6. The van der Waals surface area contributed by atoms with Crippen LogP contribution in [-0.4, -0.2) is 42.9 Å². The number of aromatic nitrogens is 6. The number of anilines is 1. The monoisotopic (exact) mass is 345 g/mol. The van der Waals surface area contributed by atoms with Gasteiger partial charge in [0.15, 0.2) is 5.69 Å². The van der Waals surface area contributed by atoms with Crippen molar-refractivity contribution in [3.05, 3.63) is 41.5 Å². The third kappa shape index (κ3) is 3.61. The molecular weight excluding hydrogens is 328 g/mol. The maximum atomic E-state index is 12.1. The Hall–Kier alpha value is -3.34. The number of rotatable bonds is 7. The van der Waals surface area contributed by atoms with Crippen molar-refractivity contribution < 1.29 is 19.5 Å². The molecule has 25 heavy (non-hydrogen) atoms. The van der Waals surface area contributed by atoms with E-state index >= 15 is 0 Å². The SMILES string of the molecule is CCOC(=O)c1nnn(-c2nonc2N)c1C[NH2+]Cc1cccnc1. The van der Waals surface area contributed by atoms with Gasteiger partial charge < -0.3 is 15.8 Å². The number of nitrogen functional groups attached to an aromatic ring is 1. The average molecular weight is 345 g/mol. The van der Waals surface area contributed by atoms with Crippen molar-refractivity contribution in [2.45, 2.75) is 20.0 Å². The molecule has 11 heteroatoms. The number of hydrogen-bond acceptors (Lipinski definition) is 9. The fourth-order valence-corrected chi connectivity index (χ4v) is 2.25. The smallest absolute Gasteiger partial charge is 0.361 e. The number of carbonyl (C=O) groups excluding carboxylic acids is 1. The standard InChI is InChI=1S/C14H16N8O3/c1-2-24-14(23)11-10(8-17-7-9-4-3-5-16-6-9)22(21-18-11)13-12(15)19-25-20-13/h3-6,17H,2,7-8H2,1H3,(H2,15,19)/p+1. The van der Waals surface area contributed by atoms with Gasteiger partial charge in [0.2, 0.25) is 11.6 Å². The van der Waals surface area contributed by atoms with Crippen molar-refractivity contribution in [2.24, 2.45) is 0 Å². The van der Waals surface area contributed by atoms with E-state index in [4.69, 9.17) is 10.5 Å². The third-order valence-electron chi connectivity index (χ3n) is 3.37. The van der Waals surface area contributed by atoms with Gasteiger partial charge in [-0.3, -0.25) is 4.98 Å². The third-order valence-corrected chi connectivity index (χ3v) is 3.37. The predicted molar refractivity (Wildman–Crippen MR) is 83.2 cm³/mol. The molecule has 0 spiro atoms. The minimum atomic E-state index is -0.562. The van der Waals surface area contributed by atoms with Crippen molar-refractivity contribution >= 4 is 11.8 Å². The lowest BCUT2D eigenvalue weighted by molar-refractivity contribution is -0.687. The molecule has 0 aromatic carbocycles. The van der Waals surface area contributed by atoms with Crippen LogP contribution in [0.5, 0.6) is 0 Å². The first-order valence-corrected chi connectivity index (χ1v) is 7.61. The van der Waals surface area contributed by atoms with E-state index in [1.807, 2.05) is 17.4 Å². The van der Waals surface area contributed by atoms with E-state index in [0.29, 0.717) is 18.8 Å². The average Bonchev–Trinajstić information content (AvgIpc) is 3.22. The Morgan fingerprint density at radius 1 is 1.40 bits per heavy atom. The normalized spacial score (nSPS) is 10.8. The summed E-state index contributed by atoms with van der Waals surface area (Å²) < 4.78 is 11.0. The van der Waals surface area contributed by atoms with Gasteiger partial charge in [0.05, 0.1) is 6.61 Å². The number of nitrogens with two attached hydrogens (primary N) is 2. The summed E-state index contributed by atoms with van der Waals surface area (Å²) in [6, 6.07) is 3.83. The molecular formula is C14H17N8O3+. The van der Waals surface area contributed by atoms with Gasteiger partial charge in [0, 0.05) is 18.0 Å². The molecule has 0 unspecified atom stereocenters. The summed E-state index contributed by atoms with van der Waals surface area (Å²) in [4.78, 5) is 16.2. The highest BCUT2D eigenvalue weighted by Crippen LogP contribution is 2.15. The Bertz CT molecular complexity index is 845. The van der Waals surface area contributed by atoms with Crippen LogP contribution in [0.3, 0.4) is 0 Å². The minimum Gasteiger partial charge on any atom is -0.461 e. The summed E-state index contributed by atoms with van der Waals surface area (Å²) in [5.74, 6) is -0.338. The minimum absolute atomic E-state index is 0.0498. The number of ether oxygens (including phenoxy) is 1. The second kappa shape index (κ2) is 7.49. The molecule has 0 bridgehead atoms. The predicted octanol–water partition coefficient (Wildman–Crippen LogP) is -0.932. The van der Waals surface area contributed by atoms with Crippen molar-refractivity contribution in [1.29, 1.82) is 0 Å². The van der Waals surface area contributed by atoms with Crippen LogP contribution in [0.2, 0.25) is 0 Å².